The average Bonchev–Trinajstić information content (AvgIpc) is 2.78. The first-order valence-corrected chi connectivity index (χ1v) is 10.4. The summed E-state index contributed by atoms with van der Waals surface area (Å²) in [6, 6.07) is 17.4. The zero-order valence-electron chi connectivity index (χ0n) is 17.8. The number of ether oxygens (including phenoxy) is 2. The summed E-state index contributed by atoms with van der Waals surface area (Å²) in [5, 5.41) is 20.9. The lowest BCUT2D eigenvalue weighted by Crippen LogP contribution is -2.58. The Morgan fingerprint density at radius 1 is 1.00 bits per heavy atom. The normalized spacial score (nSPS) is 22.0. The molecule has 2 aromatic carbocycles. The van der Waals surface area contributed by atoms with Crippen LogP contribution in [0.5, 0.6) is 0 Å². The van der Waals surface area contributed by atoms with Crippen molar-refractivity contribution in [1.29, 1.82) is 0 Å². The first-order chi connectivity index (χ1) is 14.9. The van der Waals surface area contributed by atoms with Crippen molar-refractivity contribution in [3.05, 3.63) is 71.8 Å². The average molecular weight is 427 g/mol. The summed E-state index contributed by atoms with van der Waals surface area (Å²) in [5.74, 6) is -0.922. The molecule has 1 amide bonds. The van der Waals surface area contributed by atoms with Gasteiger partial charge in [-0.2, -0.15) is 0 Å². The number of nitrogens with zero attached hydrogens (tertiary/aromatic N) is 1. The molecule has 0 unspecified atom stereocenters. The van der Waals surface area contributed by atoms with Crippen molar-refractivity contribution in [3.8, 4) is 0 Å². The minimum atomic E-state index is -1.26. The molecule has 0 radical (unpaired) electrons. The summed E-state index contributed by atoms with van der Waals surface area (Å²) in [7, 11) is 0. The Labute approximate surface area is 182 Å². The van der Waals surface area contributed by atoms with E-state index in [1.54, 1.807) is 0 Å². The lowest BCUT2D eigenvalue weighted by Gasteiger charge is -2.41. The molecule has 1 fully saturated rings. The van der Waals surface area contributed by atoms with Crippen LogP contribution in [0.3, 0.4) is 0 Å². The predicted octanol–water partition coefficient (Wildman–Crippen LogP) is 2.22. The highest BCUT2D eigenvalue weighted by Crippen LogP contribution is 2.30. The molecule has 166 valence electrons. The fourth-order valence-corrected chi connectivity index (χ4v) is 3.71. The van der Waals surface area contributed by atoms with E-state index in [1.165, 1.54) is 11.8 Å². The highest BCUT2D eigenvalue weighted by Gasteiger charge is 2.44. The van der Waals surface area contributed by atoms with Gasteiger partial charge in [0.25, 0.3) is 5.91 Å². The van der Waals surface area contributed by atoms with Crippen LogP contribution in [0, 0.1) is 0 Å². The molecular formula is C24H29NO6. The van der Waals surface area contributed by atoms with Gasteiger partial charge in [-0.15, -0.1) is 0 Å². The second kappa shape index (κ2) is 10.5. The van der Waals surface area contributed by atoms with Gasteiger partial charge in [0.2, 0.25) is 0 Å². The number of aliphatic hydroxyl groups is 2. The Hall–Kier alpha value is -2.74. The van der Waals surface area contributed by atoms with Crippen LogP contribution in [0.25, 0.3) is 0 Å². The van der Waals surface area contributed by atoms with Crippen LogP contribution in [0.15, 0.2) is 60.7 Å². The van der Waals surface area contributed by atoms with E-state index in [4.69, 9.17) is 9.47 Å². The van der Waals surface area contributed by atoms with Crippen LogP contribution < -0.4 is 0 Å². The molecule has 7 heteroatoms. The van der Waals surface area contributed by atoms with Gasteiger partial charge in [-0.3, -0.25) is 4.79 Å². The van der Waals surface area contributed by atoms with Gasteiger partial charge in [-0.05, 0) is 25.0 Å². The Bertz CT molecular complexity index is 859. The topological polar surface area (TPSA) is 96.3 Å². The van der Waals surface area contributed by atoms with Crippen LogP contribution >= 0.6 is 0 Å². The summed E-state index contributed by atoms with van der Waals surface area (Å²) in [4.78, 5) is 26.9. The van der Waals surface area contributed by atoms with Crippen molar-refractivity contribution in [2.75, 3.05) is 6.61 Å². The van der Waals surface area contributed by atoms with E-state index in [9.17, 15) is 19.8 Å². The number of carbonyl (C=O) groups is 2. The molecule has 1 aliphatic rings. The minimum Gasteiger partial charge on any atom is -0.451 e. The van der Waals surface area contributed by atoms with Crippen LogP contribution in [-0.2, 0) is 25.7 Å². The molecule has 31 heavy (non-hydrogen) atoms. The fraction of sp³-hybridized carbons (Fsp3) is 0.417. The van der Waals surface area contributed by atoms with Crippen molar-refractivity contribution in [2.45, 2.75) is 57.3 Å². The fourth-order valence-electron chi connectivity index (χ4n) is 3.71. The second-order valence-electron chi connectivity index (χ2n) is 7.80. The monoisotopic (exact) mass is 427 g/mol. The molecule has 7 nitrogen and oxygen atoms in total. The smallest absolute Gasteiger partial charge is 0.329 e. The van der Waals surface area contributed by atoms with Crippen LogP contribution in [0.2, 0.25) is 0 Å². The molecule has 3 rings (SSSR count). The number of esters is 1. The third kappa shape index (κ3) is 5.70. The van der Waals surface area contributed by atoms with E-state index in [1.807, 2.05) is 67.6 Å². The highest BCUT2D eigenvalue weighted by atomic mass is 16.6. The number of carbonyl (C=O) groups excluding carboxylic acids is 2. The van der Waals surface area contributed by atoms with E-state index < -0.39 is 36.4 Å². The van der Waals surface area contributed by atoms with Gasteiger partial charge in [0.1, 0.15) is 12.1 Å². The van der Waals surface area contributed by atoms with Gasteiger partial charge in [0.05, 0.1) is 25.4 Å². The molecule has 0 spiro atoms. The Kier molecular flexibility index (Phi) is 7.79. The SMILES string of the molecule is C[C@H]1OC(=O)[C@H](C[C@H](O)[C@@H](O)COCc2ccccc2)N([C@@H](C)c2ccccc2)C1=O. The first kappa shape index (κ1) is 22.9. The molecule has 5 atom stereocenters. The van der Waals surface area contributed by atoms with E-state index >= 15 is 0 Å². The van der Waals surface area contributed by atoms with Gasteiger partial charge >= 0.3 is 5.97 Å². The number of hydrogen-bond donors (Lipinski definition) is 2. The standard InChI is InChI=1S/C24H29NO6/c1-16(19-11-7-4-8-12-19)25-20(24(29)31-17(2)23(25)28)13-21(26)22(27)15-30-14-18-9-5-3-6-10-18/h3-12,16-17,20-22,26-27H,13-15H2,1-2H3/t16-,17+,20-,21-,22-/m0/s1. The maximum atomic E-state index is 12.9. The van der Waals surface area contributed by atoms with Gasteiger partial charge < -0.3 is 24.6 Å². The van der Waals surface area contributed by atoms with Crippen LogP contribution in [-0.4, -0.2) is 58.0 Å². The third-order valence-corrected chi connectivity index (χ3v) is 5.51. The Morgan fingerprint density at radius 2 is 1.61 bits per heavy atom. The van der Waals surface area contributed by atoms with Crippen LogP contribution in [0.4, 0.5) is 0 Å². The molecule has 0 aliphatic carbocycles. The second-order valence-corrected chi connectivity index (χ2v) is 7.80. The highest BCUT2D eigenvalue weighted by molar-refractivity contribution is 5.92. The molecule has 0 aromatic heterocycles. The number of benzene rings is 2. The van der Waals surface area contributed by atoms with Crippen molar-refractivity contribution in [3.63, 3.8) is 0 Å². The first-order valence-electron chi connectivity index (χ1n) is 10.4. The third-order valence-electron chi connectivity index (χ3n) is 5.51. The number of rotatable bonds is 9. The zero-order valence-corrected chi connectivity index (χ0v) is 17.8. The van der Waals surface area contributed by atoms with Gasteiger partial charge in [0, 0.05) is 6.42 Å². The van der Waals surface area contributed by atoms with E-state index in [0.29, 0.717) is 6.61 Å². The summed E-state index contributed by atoms with van der Waals surface area (Å²) in [6.07, 6.45) is -3.52. The van der Waals surface area contributed by atoms with E-state index in [2.05, 4.69) is 0 Å². The summed E-state index contributed by atoms with van der Waals surface area (Å²) >= 11 is 0. The summed E-state index contributed by atoms with van der Waals surface area (Å²) < 4.78 is 10.7. The number of morpholine rings is 1. The molecular weight excluding hydrogens is 398 g/mol. The number of cyclic esters (lactones) is 1. The lowest BCUT2D eigenvalue weighted by molar-refractivity contribution is -0.182. The summed E-state index contributed by atoms with van der Waals surface area (Å²) in [5.41, 5.74) is 1.81. The maximum absolute atomic E-state index is 12.9. The number of aliphatic hydroxyl groups excluding tert-OH is 2. The van der Waals surface area contributed by atoms with E-state index in [0.717, 1.165) is 11.1 Å². The van der Waals surface area contributed by atoms with E-state index in [-0.39, 0.29) is 18.9 Å². The van der Waals surface area contributed by atoms with Crippen molar-refractivity contribution >= 4 is 11.9 Å². The molecule has 2 aromatic rings. The predicted molar refractivity (Wildman–Crippen MR) is 114 cm³/mol. The molecule has 0 saturated carbocycles. The maximum Gasteiger partial charge on any atom is 0.329 e. The Morgan fingerprint density at radius 3 is 2.26 bits per heavy atom. The van der Waals surface area contributed by atoms with Crippen LogP contribution in [0.1, 0.15) is 37.4 Å². The molecule has 1 heterocycles. The zero-order chi connectivity index (χ0) is 22.4. The minimum absolute atomic E-state index is 0.101. The molecule has 1 aliphatic heterocycles. The molecule has 1 saturated heterocycles. The quantitative estimate of drug-likeness (QED) is 0.596. The van der Waals surface area contributed by atoms with Crippen molar-refractivity contribution in [2.24, 2.45) is 0 Å². The number of hydrogen-bond acceptors (Lipinski definition) is 6. The largest absolute Gasteiger partial charge is 0.451 e. The number of amides is 1. The lowest BCUT2D eigenvalue weighted by atomic mass is 9.97. The van der Waals surface area contributed by atoms with Gasteiger partial charge in [-0.1, -0.05) is 60.7 Å². The Balaban J connectivity index is 1.66. The molecule has 0 bridgehead atoms. The van der Waals surface area contributed by atoms with Gasteiger partial charge in [0.15, 0.2) is 6.10 Å². The van der Waals surface area contributed by atoms with Crippen molar-refractivity contribution in [1.82, 2.24) is 4.90 Å². The summed E-state index contributed by atoms with van der Waals surface area (Å²) in [6.45, 7) is 3.56. The molecule has 2 N–H and O–H groups in total. The van der Waals surface area contributed by atoms with Gasteiger partial charge in [-0.25, -0.2) is 4.79 Å². The van der Waals surface area contributed by atoms with Crippen molar-refractivity contribution < 1.29 is 29.3 Å².